The molecule has 0 saturated heterocycles. The summed E-state index contributed by atoms with van der Waals surface area (Å²) in [4.78, 5) is 22.1. The topological polar surface area (TPSA) is 77.8 Å². The Morgan fingerprint density at radius 3 is 2.50 bits per heavy atom. The highest BCUT2D eigenvalue weighted by molar-refractivity contribution is 5.72. The number of furan rings is 1. The molecule has 0 aliphatic heterocycles. The molecule has 1 N–H and O–H groups in total. The first-order valence-electron chi connectivity index (χ1n) is 6.40. The third kappa shape index (κ3) is 6.94. The van der Waals surface area contributed by atoms with Gasteiger partial charge >= 0.3 is 11.9 Å². The first-order chi connectivity index (χ1) is 9.26. The van der Waals surface area contributed by atoms with Crippen LogP contribution in [0.5, 0.6) is 0 Å². The molecular formula is C14H21NO5. The highest BCUT2D eigenvalue weighted by atomic mass is 16.6. The number of carbonyl (C=O) groups excluding carboxylic acids is 2. The van der Waals surface area contributed by atoms with E-state index < -0.39 is 5.60 Å². The van der Waals surface area contributed by atoms with Crippen molar-refractivity contribution in [1.82, 2.24) is 5.32 Å². The molecule has 0 aromatic carbocycles. The molecule has 6 heteroatoms. The van der Waals surface area contributed by atoms with E-state index in [1.807, 2.05) is 20.8 Å². The second-order valence-electron chi connectivity index (χ2n) is 5.34. The average Bonchev–Trinajstić information content (AvgIpc) is 2.72. The summed E-state index contributed by atoms with van der Waals surface area (Å²) < 4.78 is 15.4. The zero-order valence-electron chi connectivity index (χ0n) is 12.3. The fourth-order valence-electron chi connectivity index (χ4n) is 1.43. The lowest BCUT2D eigenvalue weighted by Gasteiger charge is -2.19. The number of hydrogen-bond acceptors (Lipinski definition) is 6. The molecule has 0 unspecified atom stereocenters. The van der Waals surface area contributed by atoms with Gasteiger partial charge in [-0.05, 0) is 32.9 Å². The van der Waals surface area contributed by atoms with E-state index >= 15 is 0 Å². The molecule has 0 radical (unpaired) electrons. The van der Waals surface area contributed by atoms with Crippen LogP contribution in [-0.4, -0.2) is 24.1 Å². The second kappa shape index (κ2) is 7.09. The Hall–Kier alpha value is -1.82. The molecule has 1 aromatic heterocycles. The third-order valence-electron chi connectivity index (χ3n) is 2.12. The number of nitrogens with one attached hydrogen (secondary N) is 1. The monoisotopic (exact) mass is 283 g/mol. The summed E-state index contributed by atoms with van der Waals surface area (Å²) in [5, 5.41) is 2.93. The molecule has 0 aliphatic rings. The molecule has 0 atom stereocenters. The summed E-state index contributed by atoms with van der Waals surface area (Å²) in [7, 11) is 0. The maximum absolute atomic E-state index is 11.5. The van der Waals surface area contributed by atoms with Crippen molar-refractivity contribution in [1.29, 1.82) is 0 Å². The van der Waals surface area contributed by atoms with E-state index in [-0.39, 0.29) is 25.1 Å². The maximum Gasteiger partial charge on any atom is 0.320 e. The van der Waals surface area contributed by atoms with E-state index in [9.17, 15) is 9.59 Å². The molecule has 0 saturated carbocycles. The molecule has 112 valence electrons. The molecule has 1 rings (SSSR count). The van der Waals surface area contributed by atoms with Gasteiger partial charge in [0.2, 0.25) is 0 Å². The fourth-order valence-corrected chi connectivity index (χ4v) is 1.43. The minimum atomic E-state index is -0.485. The smallest absolute Gasteiger partial charge is 0.320 e. The summed E-state index contributed by atoms with van der Waals surface area (Å²) in [6.45, 7) is 7.42. The molecule has 1 heterocycles. The van der Waals surface area contributed by atoms with E-state index in [0.29, 0.717) is 18.1 Å². The highest BCUT2D eigenvalue weighted by Crippen LogP contribution is 2.09. The van der Waals surface area contributed by atoms with Crippen LogP contribution in [0, 0.1) is 0 Å². The number of carbonyl (C=O) groups is 2. The Labute approximate surface area is 118 Å². The zero-order valence-corrected chi connectivity index (χ0v) is 12.3. The van der Waals surface area contributed by atoms with Crippen molar-refractivity contribution >= 4 is 11.9 Å². The highest BCUT2D eigenvalue weighted by Gasteiger charge is 2.15. The number of esters is 2. The van der Waals surface area contributed by atoms with Crippen molar-refractivity contribution < 1.29 is 23.5 Å². The van der Waals surface area contributed by atoms with E-state index in [2.05, 4.69) is 5.32 Å². The van der Waals surface area contributed by atoms with Crippen LogP contribution in [0.3, 0.4) is 0 Å². The Bertz CT molecular complexity index is 458. The van der Waals surface area contributed by atoms with Crippen molar-refractivity contribution in [2.75, 3.05) is 6.54 Å². The predicted octanol–water partition coefficient (Wildman–Crippen LogP) is 1.77. The van der Waals surface area contributed by atoms with Gasteiger partial charge in [0.25, 0.3) is 0 Å². The van der Waals surface area contributed by atoms with Gasteiger partial charge in [0.05, 0.1) is 13.1 Å². The van der Waals surface area contributed by atoms with Crippen molar-refractivity contribution in [2.24, 2.45) is 0 Å². The van der Waals surface area contributed by atoms with Gasteiger partial charge in [0.15, 0.2) is 0 Å². The summed E-state index contributed by atoms with van der Waals surface area (Å²) in [5.41, 5.74) is -0.485. The largest absolute Gasteiger partial charge is 0.461 e. The van der Waals surface area contributed by atoms with E-state index in [1.54, 1.807) is 12.1 Å². The fraction of sp³-hybridized carbons (Fsp3) is 0.571. The number of rotatable bonds is 6. The van der Waals surface area contributed by atoms with Crippen LogP contribution in [0.2, 0.25) is 0 Å². The minimum Gasteiger partial charge on any atom is -0.461 e. The quantitative estimate of drug-likeness (QED) is 0.802. The third-order valence-corrected chi connectivity index (χ3v) is 2.12. The lowest BCUT2D eigenvalue weighted by Crippen LogP contribution is -2.31. The first kappa shape index (κ1) is 16.2. The van der Waals surface area contributed by atoms with Crippen LogP contribution in [0.15, 0.2) is 16.5 Å². The lowest BCUT2D eigenvalue weighted by atomic mass is 10.2. The zero-order chi connectivity index (χ0) is 15.2. The number of hydrogen-bond donors (Lipinski definition) is 1. The van der Waals surface area contributed by atoms with Gasteiger partial charge in [-0.3, -0.25) is 14.9 Å². The SMILES string of the molecule is CC(=O)OCc1ccc(CNCC(=O)OC(C)(C)C)o1. The Balaban J connectivity index is 2.29. The van der Waals surface area contributed by atoms with Gasteiger partial charge in [-0.25, -0.2) is 0 Å². The van der Waals surface area contributed by atoms with Gasteiger partial charge in [0, 0.05) is 6.92 Å². The van der Waals surface area contributed by atoms with Crippen LogP contribution in [-0.2, 0) is 32.2 Å². The predicted molar refractivity (Wildman–Crippen MR) is 71.7 cm³/mol. The Morgan fingerprint density at radius 2 is 1.90 bits per heavy atom. The maximum atomic E-state index is 11.5. The first-order valence-corrected chi connectivity index (χ1v) is 6.40. The Morgan fingerprint density at radius 1 is 1.25 bits per heavy atom. The molecule has 0 bridgehead atoms. The standard InChI is InChI=1S/C14H21NO5/c1-10(16)18-9-12-6-5-11(19-12)7-15-8-13(17)20-14(2,3)4/h5-6,15H,7-9H2,1-4H3. The minimum absolute atomic E-state index is 0.108. The van der Waals surface area contributed by atoms with E-state index in [4.69, 9.17) is 13.9 Å². The van der Waals surface area contributed by atoms with Crippen LogP contribution < -0.4 is 5.32 Å². The van der Waals surface area contributed by atoms with E-state index in [0.717, 1.165) is 0 Å². The van der Waals surface area contributed by atoms with Crippen LogP contribution >= 0.6 is 0 Å². The van der Waals surface area contributed by atoms with Crippen LogP contribution in [0.4, 0.5) is 0 Å². The molecule has 0 fully saturated rings. The van der Waals surface area contributed by atoms with E-state index in [1.165, 1.54) is 6.92 Å². The average molecular weight is 283 g/mol. The molecule has 1 aromatic rings. The van der Waals surface area contributed by atoms with Crippen LogP contribution in [0.1, 0.15) is 39.2 Å². The summed E-state index contributed by atoms with van der Waals surface area (Å²) in [6, 6.07) is 3.49. The van der Waals surface area contributed by atoms with Crippen molar-refractivity contribution in [3.63, 3.8) is 0 Å². The molecule has 0 aliphatic carbocycles. The second-order valence-corrected chi connectivity index (χ2v) is 5.34. The lowest BCUT2D eigenvalue weighted by molar-refractivity contribution is -0.153. The van der Waals surface area contributed by atoms with Crippen molar-refractivity contribution in [3.8, 4) is 0 Å². The van der Waals surface area contributed by atoms with Crippen molar-refractivity contribution in [3.05, 3.63) is 23.7 Å². The molecule has 20 heavy (non-hydrogen) atoms. The summed E-state index contributed by atoms with van der Waals surface area (Å²) in [6.07, 6.45) is 0. The number of ether oxygens (including phenoxy) is 2. The van der Waals surface area contributed by atoms with Crippen LogP contribution in [0.25, 0.3) is 0 Å². The van der Waals surface area contributed by atoms with Gasteiger partial charge in [-0.1, -0.05) is 0 Å². The van der Waals surface area contributed by atoms with Gasteiger partial charge in [0.1, 0.15) is 23.7 Å². The normalized spacial score (nSPS) is 11.2. The summed E-state index contributed by atoms with van der Waals surface area (Å²) in [5.74, 6) is 0.556. The molecule has 6 nitrogen and oxygen atoms in total. The van der Waals surface area contributed by atoms with Crippen molar-refractivity contribution in [2.45, 2.75) is 46.4 Å². The van der Waals surface area contributed by atoms with Gasteiger partial charge in [-0.2, -0.15) is 0 Å². The Kier molecular flexibility index (Phi) is 5.76. The molecule has 0 amide bonds. The molecule has 0 spiro atoms. The molecular weight excluding hydrogens is 262 g/mol. The summed E-state index contributed by atoms with van der Waals surface area (Å²) >= 11 is 0. The van der Waals surface area contributed by atoms with Gasteiger partial charge in [-0.15, -0.1) is 0 Å². The van der Waals surface area contributed by atoms with Gasteiger partial charge < -0.3 is 13.9 Å².